The Morgan fingerprint density at radius 2 is 2.08 bits per heavy atom. The van der Waals surface area contributed by atoms with Crippen LogP contribution in [-0.2, 0) is 6.54 Å². The fourth-order valence-corrected chi connectivity index (χ4v) is 3.09. The normalized spacial score (nSPS) is 18.4. The maximum atomic E-state index is 13.5. The standard InChI is InChI=1S/C18H20FN5/c1-13-3-4-16(19)9-15(13)12-23-7-8-24(11-14(23)2)18-17(10-20)21-5-6-22-18/h3-6,9,14H,7-8,11-12H2,1-2H3. The summed E-state index contributed by atoms with van der Waals surface area (Å²) in [6, 6.07) is 7.31. The highest BCUT2D eigenvalue weighted by Gasteiger charge is 2.26. The van der Waals surface area contributed by atoms with Gasteiger partial charge < -0.3 is 4.90 Å². The summed E-state index contributed by atoms with van der Waals surface area (Å²) in [6.07, 6.45) is 3.15. The van der Waals surface area contributed by atoms with E-state index in [-0.39, 0.29) is 11.9 Å². The highest BCUT2D eigenvalue weighted by Crippen LogP contribution is 2.21. The van der Waals surface area contributed by atoms with E-state index in [4.69, 9.17) is 0 Å². The van der Waals surface area contributed by atoms with Crippen LogP contribution in [0, 0.1) is 24.1 Å². The Hall–Kier alpha value is -2.52. The molecule has 0 radical (unpaired) electrons. The molecule has 1 unspecified atom stereocenters. The summed E-state index contributed by atoms with van der Waals surface area (Å²) < 4.78 is 13.5. The van der Waals surface area contributed by atoms with E-state index in [1.807, 2.05) is 13.0 Å². The van der Waals surface area contributed by atoms with Crippen LogP contribution in [0.3, 0.4) is 0 Å². The summed E-state index contributed by atoms with van der Waals surface area (Å²) in [5.41, 5.74) is 2.48. The predicted octanol–water partition coefficient (Wildman–Crippen LogP) is 2.51. The Balaban J connectivity index is 1.72. The second kappa shape index (κ2) is 6.93. The molecule has 1 aromatic carbocycles. The number of hydrogen-bond acceptors (Lipinski definition) is 5. The van der Waals surface area contributed by atoms with Gasteiger partial charge in [-0.2, -0.15) is 5.26 Å². The molecule has 24 heavy (non-hydrogen) atoms. The number of aromatic nitrogens is 2. The molecule has 0 spiro atoms. The smallest absolute Gasteiger partial charge is 0.183 e. The van der Waals surface area contributed by atoms with Crippen molar-refractivity contribution >= 4 is 5.82 Å². The average Bonchev–Trinajstić information content (AvgIpc) is 2.59. The van der Waals surface area contributed by atoms with Gasteiger partial charge in [-0.3, -0.25) is 4.90 Å². The van der Waals surface area contributed by atoms with Crippen LogP contribution in [0.1, 0.15) is 23.7 Å². The molecule has 1 aromatic heterocycles. The largest absolute Gasteiger partial charge is 0.351 e. The molecule has 3 rings (SSSR count). The van der Waals surface area contributed by atoms with E-state index in [1.54, 1.807) is 12.3 Å². The first-order valence-electron chi connectivity index (χ1n) is 8.03. The SMILES string of the molecule is Cc1ccc(F)cc1CN1CCN(c2nccnc2C#N)CC1C. The van der Waals surface area contributed by atoms with E-state index in [1.165, 1.54) is 12.3 Å². The van der Waals surface area contributed by atoms with Crippen LogP contribution in [0.15, 0.2) is 30.6 Å². The van der Waals surface area contributed by atoms with Crippen LogP contribution in [-0.4, -0.2) is 40.5 Å². The number of hydrogen-bond donors (Lipinski definition) is 0. The van der Waals surface area contributed by atoms with Crippen molar-refractivity contribution in [3.8, 4) is 6.07 Å². The quantitative estimate of drug-likeness (QED) is 0.868. The summed E-state index contributed by atoms with van der Waals surface area (Å²) in [4.78, 5) is 12.8. The highest BCUT2D eigenvalue weighted by atomic mass is 19.1. The average molecular weight is 325 g/mol. The van der Waals surface area contributed by atoms with Gasteiger partial charge in [-0.25, -0.2) is 14.4 Å². The second-order valence-corrected chi connectivity index (χ2v) is 6.18. The van der Waals surface area contributed by atoms with Crippen LogP contribution in [0.25, 0.3) is 0 Å². The molecule has 2 heterocycles. The van der Waals surface area contributed by atoms with Crippen molar-refractivity contribution in [2.24, 2.45) is 0 Å². The van der Waals surface area contributed by atoms with Crippen LogP contribution >= 0.6 is 0 Å². The Morgan fingerprint density at radius 1 is 1.29 bits per heavy atom. The van der Waals surface area contributed by atoms with E-state index in [2.05, 4.69) is 32.8 Å². The lowest BCUT2D eigenvalue weighted by atomic mass is 10.1. The van der Waals surface area contributed by atoms with Gasteiger partial charge in [0.2, 0.25) is 0 Å². The van der Waals surface area contributed by atoms with Gasteiger partial charge in [0.25, 0.3) is 0 Å². The molecule has 1 saturated heterocycles. The molecule has 1 atom stereocenters. The van der Waals surface area contributed by atoms with Crippen LogP contribution < -0.4 is 4.90 Å². The predicted molar refractivity (Wildman–Crippen MR) is 90.0 cm³/mol. The zero-order chi connectivity index (χ0) is 17.1. The first-order valence-corrected chi connectivity index (χ1v) is 8.03. The van der Waals surface area contributed by atoms with Gasteiger partial charge >= 0.3 is 0 Å². The molecule has 124 valence electrons. The summed E-state index contributed by atoms with van der Waals surface area (Å²) >= 11 is 0. The Labute approximate surface area is 141 Å². The third-order valence-corrected chi connectivity index (χ3v) is 4.53. The number of halogens is 1. The summed E-state index contributed by atoms with van der Waals surface area (Å²) in [7, 11) is 0. The van der Waals surface area contributed by atoms with Gasteiger partial charge in [0.15, 0.2) is 11.5 Å². The molecule has 0 bridgehead atoms. The monoisotopic (exact) mass is 325 g/mol. The van der Waals surface area contributed by atoms with Crippen LogP contribution in [0.2, 0.25) is 0 Å². The first kappa shape index (κ1) is 16.3. The highest BCUT2D eigenvalue weighted by molar-refractivity contribution is 5.50. The van der Waals surface area contributed by atoms with Crippen molar-refractivity contribution in [2.75, 3.05) is 24.5 Å². The van der Waals surface area contributed by atoms with Crippen molar-refractivity contribution in [3.63, 3.8) is 0 Å². The molecule has 0 amide bonds. The van der Waals surface area contributed by atoms with E-state index < -0.39 is 0 Å². The summed E-state index contributed by atoms with van der Waals surface area (Å²) in [6.45, 7) is 7.24. The minimum Gasteiger partial charge on any atom is -0.351 e. The number of piperazine rings is 1. The molecular weight excluding hydrogens is 305 g/mol. The van der Waals surface area contributed by atoms with Gasteiger partial charge in [0, 0.05) is 44.6 Å². The maximum absolute atomic E-state index is 13.5. The van der Waals surface area contributed by atoms with Crippen molar-refractivity contribution < 1.29 is 4.39 Å². The summed E-state index contributed by atoms with van der Waals surface area (Å²) in [5.74, 6) is 0.452. The topological polar surface area (TPSA) is 56.1 Å². The van der Waals surface area contributed by atoms with Crippen molar-refractivity contribution in [3.05, 3.63) is 53.2 Å². The molecule has 2 aromatic rings. The van der Waals surface area contributed by atoms with Crippen molar-refractivity contribution in [2.45, 2.75) is 26.4 Å². The van der Waals surface area contributed by atoms with E-state index in [0.717, 1.165) is 37.3 Å². The van der Waals surface area contributed by atoms with Gasteiger partial charge in [0.05, 0.1) is 0 Å². The molecule has 1 aliphatic heterocycles. The lowest BCUT2D eigenvalue weighted by Crippen LogP contribution is -2.52. The van der Waals surface area contributed by atoms with Gasteiger partial charge in [0.1, 0.15) is 11.9 Å². The lowest BCUT2D eigenvalue weighted by Gasteiger charge is -2.40. The minimum atomic E-state index is -0.194. The third-order valence-electron chi connectivity index (χ3n) is 4.53. The van der Waals surface area contributed by atoms with Crippen molar-refractivity contribution in [1.82, 2.24) is 14.9 Å². The van der Waals surface area contributed by atoms with E-state index in [9.17, 15) is 9.65 Å². The molecule has 0 N–H and O–H groups in total. The molecular formula is C18H20FN5. The van der Waals surface area contributed by atoms with Gasteiger partial charge in [-0.1, -0.05) is 6.07 Å². The second-order valence-electron chi connectivity index (χ2n) is 6.18. The molecule has 0 saturated carbocycles. The first-order chi connectivity index (χ1) is 11.6. The lowest BCUT2D eigenvalue weighted by molar-refractivity contribution is 0.180. The summed E-state index contributed by atoms with van der Waals surface area (Å²) in [5, 5.41) is 9.19. The molecule has 1 aliphatic rings. The number of nitrogens with zero attached hydrogens (tertiary/aromatic N) is 5. The van der Waals surface area contributed by atoms with Crippen LogP contribution in [0.5, 0.6) is 0 Å². The minimum absolute atomic E-state index is 0.194. The molecule has 0 aliphatic carbocycles. The van der Waals surface area contributed by atoms with Crippen molar-refractivity contribution in [1.29, 1.82) is 5.26 Å². The number of nitriles is 1. The number of anilines is 1. The zero-order valence-electron chi connectivity index (χ0n) is 13.9. The van der Waals surface area contributed by atoms with Gasteiger partial charge in [-0.15, -0.1) is 0 Å². The van der Waals surface area contributed by atoms with E-state index in [0.29, 0.717) is 11.5 Å². The van der Waals surface area contributed by atoms with E-state index >= 15 is 0 Å². The van der Waals surface area contributed by atoms with Crippen LogP contribution in [0.4, 0.5) is 10.2 Å². The fraction of sp³-hybridized carbons (Fsp3) is 0.389. The Kier molecular flexibility index (Phi) is 4.72. The Morgan fingerprint density at radius 3 is 2.83 bits per heavy atom. The fourth-order valence-electron chi connectivity index (χ4n) is 3.09. The molecule has 5 nitrogen and oxygen atoms in total. The van der Waals surface area contributed by atoms with Gasteiger partial charge in [-0.05, 0) is 37.1 Å². The molecule has 6 heteroatoms. The Bertz CT molecular complexity index is 770. The number of rotatable bonds is 3. The maximum Gasteiger partial charge on any atom is 0.183 e. The molecule has 1 fully saturated rings. The number of aryl methyl sites for hydroxylation is 1. The zero-order valence-corrected chi connectivity index (χ0v) is 13.9. The third kappa shape index (κ3) is 3.36. The number of benzene rings is 1.